The second-order valence-corrected chi connectivity index (χ2v) is 6.69. The van der Waals surface area contributed by atoms with Crippen molar-refractivity contribution in [2.24, 2.45) is 18.4 Å². The van der Waals surface area contributed by atoms with Crippen molar-refractivity contribution < 1.29 is 0 Å². The maximum Gasteiger partial charge on any atom is 0.202 e. The lowest BCUT2D eigenvalue weighted by atomic mass is 9.81. The fraction of sp³-hybridized carbons (Fsp3) is 0.733. The zero-order valence-corrected chi connectivity index (χ0v) is 13.6. The summed E-state index contributed by atoms with van der Waals surface area (Å²) < 4.78 is 4.03. The van der Waals surface area contributed by atoms with Gasteiger partial charge in [0.2, 0.25) is 5.95 Å². The molecule has 0 saturated carbocycles. The highest BCUT2D eigenvalue weighted by Gasteiger charge is 2.26. The van der Waals surface area contributed by atoms with Gasteiger partial charge in [0.15, 0.2) is 5.65 Å². The van der Waals surface area contributed by atoms with Crippen molar-refractivity contribution in [3.05, 3.63) is 5.69 Å². The zero-order chi connectivity index (χ0) is 15.1. The second-order valence-electron chi connectivity index (χ2n) is 6.69. The molecule has 0 aliphatic carbocycles. The molecule has 2 heterocycles. The molecule has 20 heavy (non-hydrogen) atoms. The van der Waals surface area contributed by atoms with E-state index in [4.69, 9.17) is 5.73 Å². The van der Waals surface area contributed by atoms with E-state index in [1.807, 2.05) is 11.7 Å². The summed E-state index contributed by atoms with van der Waals surface area (Å²) in [7, 11) is 1.97. The second kappa shape index (κ2) is 5.11. The highest BCUT2D eigenvalue weighted by atomic mass is 15.3. The average Bonchev–Trinajstić information content (AvgIpc) is 2.80. The molecule has 0 aliphatic rings. The maximum atomic E-state index is 6.15. The number of nitrogens with zero attached hydrogens (tertiary/aromatic N) is 4. The van der Waals surface area contributed by atoms with Crippen molar-refractivity contribution in [3.63, 3.8) is 0 Å². The molecular weight excluding hydrogens is 250 g/mol. The quantitative estimate of drug-likeness (QED) is 0.914. The van der Waals surface area contributed by atoms with E-state index < -0.39 is 0 Å². The molecule has 0 aliphatic heterocycles. The number of anilines is 1. The molecule has 0 aromatic carbocycles. The summed E-state index contributed by atoms with van der Waals surface area (Å²) in [5, 5.41) is 4.59. The molecule has 0 spiro atoms. The number of nitrogens with two attached hydrogens (primary N) is 1. The number of nitrogen functional groups attached to an aromatic ring is 1. The molecule has 2 aromatic heterocycles. The lowest BCUT2D eigenvalue weighted by molar-refractivity contribution is 0.213. The predicted octanol–water partition coefficient (Wildman–Crippen LogP) is 2.99. The van der Waals surface area contributed by atoms with Gasteiger partial charge in [-0.05, 0) is 17.8 Å². The first-order chi connectivity index (χ1) is 9.27. The third kappa shape index (κ3) is 2.41. The van der Waals surface area contributed by atoms with Crippen molar-refractivity contribution in [1.29, 1.82) is 0 Å². The molecule has 0 fully saturated rings. The molecular formula is C15H27N5. The van der Waals surface area contributed by atoms with Crippen molar-refractivity contribution in [3.8, 4) is 0 Å². The van der Waals surface area contributed by atoms with Crippen molar-refractivity contribution in [1.82, 2.24) is 19.3 Å². The van der Waals surface area contributed by atoms with Gasteiger partial charge in [0.1, 0.15) is 5.52 Å². The van der Waals surface area contributed by atoms with Gasteiger partial charge >= 0.3 is 0 Å². The number of aryl methyl sites for hydroxylation is 2. The van der Waals surface area contributed by atoms with Gasteiger partial charge in [0.25, 0.3) is 0 Å². The smallest absolute Gasteiger partial charge is 0.202 e. The Morgan fingerprint density at radius 3 is 2.50 bits per heavy atom. The molecule has 2 aromatic rings. The number of aromatic nitrogens is 4. The topological polar surface area (TPSA) is 61.7 Å². The molecule has 2 N–H and O–H groups in total. The van der Waals surface area contributed by atoms with Crippen LogP contribution in [0, 0.1) is 11.3 Å². The highest BCUT2D eigenvalue weighted by molar-refractivity contribution is 5.77. The van der Waals surface area contributed by atoms with Gasteiger partial charge in [-0.15, -0.1) is 0 Å². The van der Waals surface area contributed by atoms with Crippen LogP contribution in [0.5, 0.6) is 0 Å². The molecule has 0 unspecified atom stereocenters. The molecule has 2 rings (SSSR count). The Morgan fingerprint density at radius 1 is 1.30 bits per heavy atom. The summed E-state index contributed by atoms with van der Waals surface area (Å²) in [6, 6.07) is 0. The Bertz CT molecular complexity index is 603. The van der Waals surface area contributed by atoms with Gasteiger partial charge in [-0.25, -0.2) is 4.98 Å². The molecule has 0 radical (unpaired) electrons. The van der Waals surface area contributed by atoms with Gasteiger partial charge in [-0.3, -0.25) is 9.25 Å². The fourth-order valence-electron chi connectivity index (χ4n) is 2.41. The Kier molecular flexibility index (Phi) is 3.80. The Balaban J connectivity index is 2.51. The van der Waals surface area contributed by atoms with Gasteiger partial charge in [-0.1, -0.05) is 41.0 Å². The first-order valence-corrected chi connectivity index (χ1v) is 7.45. The number of rotatable bonds is 5. The van der Waals surface area contributed by atoms with E-state index in [9.17, 15) is 0 Å². The predicted molar refractivity (Wildman–Crippen MR) is 83.5 cm³/mol. The van der Waals surface area contributed by atoms with E-state index in [1.54, 1.807) is 0 Å². The van der Waals surface area contributed by atoms with Crippen molar-refractivity contribution >= 4 is 17.1 Å². The Hall–Kier alpha value is -1.52. The van der Waals surface area contributed by atoms with Crippen molar-refractivity contribution in [2.45, 2.75) is 54.0 Å². The minimum Gasteiger partial charge on any atom is -0.369 e. The van der Waals surface area contributed by atoms with Crippen LogP contribution in [0.2, 0.25) is 0 Å². The lowest BCUT2D eigenvalue weighted by Crippen LogP contribution is -2.26. The summed E-state index contributed by atoms with van der Waals surface area (Å²) in [5.41, 5.74) is 9.37. The van der Waals surface area contributed by atoms with Crippen LogP contribution < -0.4 is 5.73 Å². The summed E-state index contributed by atoms with van der Waals surface area (Å²) >= 11 is 0. The van der Waals surface area contributed by atoms with Gasteiger partial charge < -0.3 is 5.73 Å². The van der Waals surface area contributed by atoms with E-state index in [2.05, 4.69) is 49.3 Å². The van der Waals surface area contributed by atoms with Crippen LogP contribution in [-0.2, 0) is 20.0 Å². The van der Waals surface area contributed by atoms with Crippen LogP contribution in [0.15, 0.2) is 0 Å². The van der Waals surface area contributed by atoms with Crippen LogP contribution in [0.1, 0.15) is 46.7 Å². The van der Waals surface area contributed by atoms with Crippen molar-refractivity contribution in [2.75, 3.05) is 5.73 Å². The van der Waals surface area contributed by atoms with Crippen LogP contribution in [-0.4, -0.2) is 19.3 Å². The summed E-state index contributed by atoms with van der Waals surface area (Å²) in [5.74, 6) is 1.17. The van der Waals surface area contributed by atoms with Crippen LogP contribution in [0.3, 0.4) is 0 Å². The summed E-state index contributed by atoms with van der Waals surface area (Å²) in [6.07, 6.45) is 2.01. The van der Waals surface area contributed by atoms with E-state index in [0.717, 1.165) is 36.2 Å². The SMILES string of the molecule is CCCc1nn(C)c2c1nc(N)n2CC(C)(C)C(C)C. The monoisotopic (exact) mass is 277 g/mol. The van der Waals surface area contributed by atoms with Crippen LogP contribution >= 0.6 is 0 Å². The minimum absolute atomic E-state index is 0.164. The summed E-state index contributed by atoms with van der Waals surface area (Å²) in [4.78, 5) is 4.55. The first kappa shape index (κ1) is 14.9. The fourth-order valence-corrected chi connectivity index (χ4v) is 2.41. The lowest BCUT2D eigenvalue weighted by Gasteiger charge is -2.30. The third-order valence-electron chi connectivity index (χ3n) is 4.44. The minimum atomic E-state index is 0.164. The summed E-state index contributed by atoms with van der Waals surface area (Å²) in [6.45, 7) is 12.0. The third-order valence-corrected chi connectivity index (χ3v) is 4.44. The van der Waals surface area contributed by atoms with Crippen LogP contribution in [0.25, 0.3) is 11.2 Å². The largest absolute Gasteiger partial charge is 0.369 e. The van der Waals surface area contributed by atoms with Gasteiger partial charge in [0, 0.05) is 13.6 Å². The zero-order valence-electron chi connectivity index (χ0n) is 13.6. The molecule has 5 heteroatoms. The number of hydrogen-bond acceptors (Lipinski definition) is 3. The highest BCUT2D eigenvalue weighted by Crippen LogP contribution is 2.31. The maximum absolute atomic E-state index is 6.15. The van der Waals surface area contributed by atoms with Gasteiger partial charge in [-0.2, -0.15) is 5.10 Å². The number of fused-ring (bicyclic) bond motifs is 1. The number of hydrogen-bond donors (Lipinski definition) is 1. The average molecular weight is 277 g/mol. The molecule has 112 valence electrons. The Morgan fingerprint density at radius 2 is 1.95 bits per heavy atom. The standard InChI is InChI=1S/C15H27N5/c1-7-8-11-12-13(19(6)18-11)20(14(16)17-12)9-15(4,5)10(2)3/h10H,7-9H2,1-6H3,(H2,16,17). The normalized spacial score (nSPS) is 12.8. The van der Waals surface area contributed by atoms with E-state index >= 15 is 0 Å². The molecule has 0 amide bonds. The molecule has 0 bridgehead atoms. The van der Waals surface area contributed by atoms with E-state index in [0.29, 0.717) is 11.9 Å². The van der Waals surface area contributed by atoms with E-state index in [1.165, 1.54) is 0 Å². The molecule has 0 atom stereocenters. The number of imidazole rings is 1. The van der Waals surface area contributed by atoms with Crippen LogP contribution in [0.4, 0.5) is 5.95 Å². The Labute approximate surface area is 121 Å². The molecule has 0 saturated heterocycles. The van der Waals surface area contributed by atoms with Gasteiger partial charge in [0.05, 0.1) is 5.69 Å². The first-order valence-electron chi connectivity index (χ1n) is 7.45. The van der Waals surface area contributed by atoms with E-state index in [-0.39, 0.29) is 5.41 Å². The molecule has 5 nitrogen and oxygen atoms in total.